The molecule has 3 fully saturated rings. The molecule has 5 atom stereocenters. The number of carbonyl (C=O) groups is 1. The van der Waals surface area contributed by atoms with Crippen LogP contribution in [0, 0.1) is 17.8 Å². The Kier molecular flexibility index (Phi) is 6.98. The van der Waals surface area contributed by atoms with E-state index in [2.05, 4.69) is 0 Å². The first-order valence-corrected chi connectivity index (χ1v) is 10.8. The van der Waals surface area contributed by atoms with Gasteiger partial charge in [-0.25, -0.2) is 0 Å². The van der Waals surface area contributed by atoms with Gasteiger partial charge < -0.3 is 20.1 Å². The highest BCUT2D eigenvalue weighted by molar-refractivity contribution is 5.66. The number of ether oxygens (including phenoxy) is 1. The first-order chi connectivity index (χ1) is 13.0. The number of carboxylic acids is 1. The van der Waals surface area contributed by atoms with Crippen LogP contribution in [0.3, 0.4) is 0 Å². The molecule has 3 aliphatic rings. The van der Waals surface area contributed by atoms with Crippen LogP contribution in [-0.4, -0.2) is 46.2 Å². The monoisotopic (exact) mass is 380 g/mol. The van der Waals surface area contributed by atoms with E-state index in [0.717, 1.165) is 38.5 Å². The molecule has 5 nitrogen and oxygen atoms in total. The van der Waals surface area contributed by atoms with E-state index in [1.807, 2.05) is 6.08 Å². The van der Waals surface area contributed by atoms with Crippen molar-refractivity contribution >= 4 is 5.97 Å². The summed E-state index contributed by atoms with van der Waals surface area (Å²) in [5, 5.41) is 30.1. The van der Waals surface area contributed by atoms with Crippen LogP contribution in [0.1, 0.15) is 77.0 Å². The summed E-state index contributed by atoms with van der Waals surface area (Å²) in [5.41, 5.74) is 0.888. The lowest BCUT2D eigenvalue weighted by Gasteiger charge is -2.58. The van der Waals surface area contributed by atoms with Crippen molar-refractivity contribution in [3.63, 3.8) is 0 Å². The van der Waals surface area contributed by atoms with Crippen LogP contribution in [0.2, 0.25) is 0 Å². The van der Waals surface area contributed by atoms with Crippen LogP contribution in [0.25, 0.3) is 0 Å². The Morgan fingerprint density at radius 3 is 2.70 bits per heavy atom. The standard InChI is InChI=1S/C22H36O5/c1-27-22-13-12-20(24)17(10-11-19(23)15-6-3-2-4-7-15)18(22)14-16(22)8-5-9-21(25)26/h8,15,17-20,23-24H,2-7,9-14H2,1H3,(H,25,26). The van der Waals surface area contributed by atoms with Gasteiger partial charge >= 0.3 is 5.97 Å². The molecule has 0 aliphatic heterocycles. The van der Waals surface area contributed by atoms with Gasteiger partial charge in [-0.2, -0.15) is 0 Å². The third kappa shape index (κ3) is 4.41. The lowest BCUT2D eigenvalue weighted by atomic mass is 9.52. The predicted molar refractivity (Wildman–Crippen MR) is 103 cm³/mol. The summed E-state index contributed by atoms with van der Waals surface area (Å²) in [6.07, 6.45) is 12.2. The molecule has 27 heavy (non-hydrogen) atoms. The lowest BCUT2D eigenvalue weighted by Crippen LogP contribution is -2.59. The van der Waals surface area contributed by atoms with Gasteiger partial charge in [0.05, 0.1) is 17.8 Å². The van der Waals surface area contributed by atoms with E-state index in [-0.39, 0.29) is 36.1 Å². The summed E-state index contributed by atoms with van der Waals surface area (Å²) in [7, 11) is 1.74. The lowest BCUT2D eigenvalue weighted by molar-refractivity contribution is -0.155. The van der Waals surface area contributed by atoms with Crippen molar-refractivity contribution in [2.45, 2.75) is 94.9 Å². The van der Waals surface area contributed by atoms with Gasteiger partial charge in [0.2, 0.25) is 0 Å². The molecule has 3 saturated carbocycles. The zero-order valence-electron chi connectivity index (χ0n) is 16.6. The number of rotatable bonds is 8. The highest BCUT2D eigenvalue weighted by Gasteiger charge is 2.58. The van der Waals surface area contributed by atoms with Gasteiger partial charge in [0.15, 0.2) is 0 Å². The van der Waals surface area contributed by atoms with Gasteiger partial charge in [-0.3, -0.25) is 4.79 Å². The number of aliphatic hydroxyl groups is 2. The molecule has 0 spiro atoms. The number of aliphatic hydroxyl groups excluding tert-OH is 2. The fraction of sp³-hybridized carbons (Fsp3) is 0.864. The maximum absolute atomic E-state index is 10.8. The Labute approximate surface area is 162 Å². The molecular formula is C22H36O5. The minimum Gasteiger partial charge on any atom is -0.481 e. The van der Waals surface area contributed by atoms with Crippen LogP contribution in [0.4, 0.5) is 0 Å². The number of methoxy groups -OCH3 is 1. The molecule has 3 rings (SSSR count). The zero-order valence-corrected chi connectivity index (χ0v) is 16.6. The second-order valence-electron chi connectivity index (χ2n) is 8.88. The number of hydrogen-bond donors (Lipinski definition) is 3. The van der Waals surface area contributed by atoms with Gasteiger partial charge in [-0.15, -0.1) is 0 Å². The third-order valence-electron chi connectivity index (χ3n) is 7.51. The summed E-state index contributed by atoms with van der Waals surface area (Å²) in [6.45, 7) is 0. The van der Waals surface area contributed by atoms with Crippen LogP contribution < -0.4 is 0 Å². The quantitative estimate of drug-likeness (QED) is 0.559. The Morgan fingerprint density at radius 1 is 1.30 bits per heavy atom. The summed E-state index contributed by atoms with van der Waals surface area (Å²) in [6, 6.07) is 0. The highest BCUT2D eigenvalue weighted by Crippen LogP contribution is 2.58. The fourth-order valence-electron chi connectivity index (χ4n) is 5.89. The van der Waals surface area contributed by atoms with Gasteiger partial charge in [0, 0.05) is 19.4 Å². The molecule has 0 bridgehead atoms. The topological polar surface area (TPSA) is 87.0 Å². The molecule has 0 aromatic rings. The van der Waals surface area contributed by atoms with Crippen molar-refractivity contribution < 1.29 is 24.9 Å². The van der Waals surface area contributed by atoms with Crippen molar-refractivity contribution in [1.29, 1.82) is 0 Å². The largest absolute Gasteiger partial charge is 0.481 e. The number of fused-ring (bicyclic) bond motifs is 1. The second-order valence-corrected chi connectivity index (χ2v) is 8.88. The minimum atomic E-state index is -0.775. The molecule has 5 heteroatoms. The van der Waals surface area contributed by atoms with E-state index in [4.69, 9.17) is 9.84 Å². The number of carboxylic acid groups (broad SMARTS) is 1. The van der Waals surface area contributed by atoms with Gasteiger partial charge in [-0.05, 0) is 68.8 Å². The maximum Gasteiger partial charge on any atom is 0.303 e. The smallest absolute Gasteiger partial charge is 0.303 e. The Balaban J connectivity index is 1.60. The molecule has 154 valence electrons. The van der Waals surface area contributed by atoms with Gasteiger partial charge in [0.25, 0.3) is 0 Å². The highest BCUT2D eigenvalue weighted by atomic mass is 16.5. The predicted octanol–water partition coefficient (Wildman–Crippen LogP) is 3.68. The summed E-state index contributed by atoms with van der Waals surface area (Å²) >= 11 is 0. The molecule has 0 radical (unpaired) electrons. The number of hydrogen-bond acceptors (Lipinski definition) is 4. The average Bonchev–Trinajstić information content (AvgIpc) is 2.66. The van der Waals surface area contributed by atoms with Crippen molar-refractivity contribution in [1.82, 2.24) is 0 Å². The van der Waals surface area contributed by atoms with Crippen LogP contribution in [-0.2, 0) is 9.53 Å². The molecule has 0 saturated heterocycles. The van der Waals surface area contributed by atoms with Gasteiger partial charge in [0.1, 0.15) is 0 Å². The average molecular weight is 381 g/mol. The molecule has 3 aliphatic carbocycles. The summed E-state index contributed by atoms with van der Waals surface area (Å²) in [4.78, 5) is 10.8. The number of aliphatic carboxylic acids is 1. The zero-order chi connectivity index (χ0) is 19.4. The van der Waals surface area contributed by atoms with E-state index in [0.29, 0.717) is 18.8 Å². The van der Waals surface area contributed by atoms with E-state index < -0.39 is 5.97 Å². The van der Waals surface area contributed by atoms with Gasteiger partial charge in [-0.1, -0.05) is 25.3 Å². The molecule has 0 aromatic carbocycles. The Hall–Kier alpha value is -0.910. The van der Waals surface area contributed by atoms with Crippen molar-refractivity contribution in [3.8, 4) is 0 Å². The molecule has 0 heterocycles. The first kappa shape index (κ1) is 20.8. The number of allylic oxidation sites excluding steroid dienone is 1. The van der Waals surface area contributed by atoms with E-state index in [9.17, 15) is 15.0 Å². The maximum atomic E-state index is 10.8. The Bertz CT molecular complexity index is 539. The van der Waals surface area contributed by atoms with Crippen LogP contribution in [0.5, 0.6) is 0 Å². The van der Waals surface area contributed by atoms with Crippen molar-refractivity contribution in [3.05, 3.63) is 11.6 Å². The SMILES string of the molecule is COC12CCC(O)C(CCC(O)C3CCCCC3)C1CC2=CCCC(=O)O. The first-order valence-electron chi connectivity index (χ1n) is 10.8. The second kappa shape index (κ2) is 9.06. The molecular weight excluding hydrogens is 344 g/mol. The summed E-state index contributed by atoms with van der Waals surface area (Å²) in [5.74, 6) is 0.0943. The van der Waals surface area contributed by atoms with Crippen LogP contribution >= 0.6 is 0 Å². The minimum absolute atomic E-state index is 0.146. The van der Waals surface area contributed by atoms with E-state index in [1.165, 1.54) is 24.8 Å². The van der Waals surface area contributed by atoms with E-state index >= 15 is 0 Å². The molecule has 0 amide bonds. The van der Waals surface area contributed by atoms with Crippen molar-refractivity contribution in [2.75, 3.05) is 7.11 Å². The van der Waals surface area contributed by atoms with E-state index in [1.54, 1.807) is 7.11 Å². The molecule has 3 N–H and O–H groups in total. The molecule has 5 unspecified atom stereocenters. The van der Waals surface area contributed by atoms with Crippen LogP contribution in [0.15, 0.2) is 11.6 Å². The summed E-state index contributed by atoms with van der Waals surface area (Å²) < 4.78 is 5.96. The van der Waals surface area contributed by atoms with Crippen molar-refractivity contribution in [2.24, 2.45) is 17.8 Å². The third-order valence-corrected chi connectivity index (χ3v) is 7.51. The fourth-order valence-corrected chi connectivity index (χ4v) is 5.89. The Morgan fingerprint density at radius 2 is 2.04 bits per heavy atom. The normalized spacial score (nSPS) is 36.9. The molecule has 0 aromatic heterocycles.